The molecular formula is C37H26ClN. The summed E-state index contributed by atoms with van der Waals surface area (Å²) in [7, 11) is 0. The molecule has 0 bridgehead atoms. The van der Waals surface area contributed by atoms with Gasteiger partial charge in [0.25, 0.3) is 0 Å². The van der Waals surface area contributed by atoms with E-state index in [1.54, 1.807) is 0 Å². The van der Waals surface area contributed by atoms with Crippen LogP contribution in [0.4, 0.5) is 11.4 Å². The van der Waals surface area contributed by atoms with Crippen LogP contribution in [0.3, 0.4) is 0 Å². The Labute approximate surface area is 233 Å². The van der Waals surface area contributed by atoms with Crippen LogP contribution in [0.25, 0.3) is 38.6 Å². The maximum absolute atomic E-state index is 6.45. The Balaban J connectivity index is 1.34. The van der Waals surface area contributed by atoms with Gasteiger partial charge in [-0.2, -0.15) is 0 Å². The van der Waals surface area contributed by atoms with Crippen molar-refractivity contribution in [2.75, 3.05) is 4.90 Å². The molecule has 2 unspecified atom stereocenters. The quantitative estimate of drug-likeness (QED) is 0.213. The Morgan fingerprint density at radius 1 is 0.692 bits per heavy atom. The van der Waals surface area contributed by atoms with Crippen molar-refractivity contribution in [3.05, 3.63) is 137 Å². The number of halogens is 1. The molecule has 186 valence electrons. The molecule has 1 nitrogen and oxygen atoms in total. The highest BCUT2D eigenvalue weighted by molar-refractivity contribution is 6.31. The van der Waals surface area contributed by atoms with E-state index in [1.165, 1.54) is 72.2 Å². The minimum absolute atomic E-state index is 0.0121. The maximum atomic E-state index is 6.45. The van der Waals surface area contributed by atoms with Gasteiger partial charge in [-0.15, -0.1) is 0 Å². The Bertz CT molecular complexity index is 1970. The first kappa shape index (κ1) is 21.8. The van der Waals surface area contributed by atoms with Crippen molar-refractivity contribution in [1.82, 2.24) is 0 Å². The van der Waals surface area contributed by atoms with Crippen molar-refractivity contribution >= 4 is 39.3 Å². The fourth-order valence-electron chi connectivity index (χ4n) is 8.00. The highest BCUT2D eigenvalue weighted by atomic mass is 35.5. The second-order valence-electron chi connectivity index (χ2n) is 11.8. The fraction of sp³-hybridized carbons (Fsp3) is 0.135. The molecule has 2 heteroatoms. The Hall–Kier alpha value is -4.07. The van der Waals surface area contributed by atoms with Gasteiger partial charge in [0.1, 0.15) is 0 Å². The van der Waals surface area contributed by atoms with Crippen LogP contribution in [-0.2, 0) is 5.41 Å². The Morgan fingerprint density at radius 2 is 1.49 bits per heavy atom. The van der Waals surface area contributed by atoms with E-state index in [2.05, 4.69) is 122 Å². The van der Waals surface area contributed by atoms with Crippen LogP contribution in [0.1, 0.15) is 36.5 Å². The van der Waals surface area contributed by atoms with Crippen molar-refractivity contribution < 1.29 is 0 Å². The van der Waals surface area contributed by atoms with E-state index in [0.29, 0.717) is 5.92 Å². The zero-order chi connectivity index (χ0) is 26.0. The predicted molar refractivity (Wildman–Crippen MR) is 164 cm³/mol. The number of para-hydroxylation sites is 1. The Morgan fingerprint density at radius 3 is 2.41 bits per heavy atom. The standard InChI is InChI=1S/C37H26ClN/c1-37(2)30-11-6-10-26-25-8-3-4-12-32(25)39-33-18-14-22(24-9-5-7-21-13-15-23(38)20-28(21)24)19-29(33)27-16-17-31(37)35(34(26)30)36(27)39/h3-20,35-36H,1-2H3. The van der Waals surface area contributed by atoms with Gasteiger partial charge in [-0.3, -0.25) is 0 Å². The van der Waals surface area contributed by atoms with Crippen LogP contribution in [0, 0.1) is 0 Å². The van der Waals surface area contributed by atoms with Crippen molar-refractivity contribution in [3.8, 4) is 22.3 Å². The molecule has 0 N–H and O–H groups in total. The van der Waals surface area contributed by atoms with Gasteiger partial charge < -0.3 is 4.90 Å². The van der Waals surface area contributed by atoms with Gasteiger partial charge in [-0.05, 0) is 74.5 Å². The fourth-order valence-corrected chi connectivity index (χ4v) is 8.17. The first-order chi connectivity index (χ1) is 19.0. The average molecular weight is 520 g/mol. The second-order valence-corrected chi connectivity index (χ2v) is 12.3. The smallest absolute Gasteiger partial charge is 0.0705 e. The molecule has 2 aliphatic carbocycles. The van der Waals surface area contributed by atoms with E-state index < -0.39 is 0 Å². The van der Waals surface area contributed by atoms with Crippen molar-refractivity contribution in [3.63, 3.8) is 0 Å². The topological polar surface area (TPSA) is 3.24 Å². The molecule has 2 atom stereocenters. The predicted octanol–water partition coefficient (Wildman–Crippen LogP) is 10.1. The molecule has 0 aromatic heterocycles. The molecule has 0 saturated carbocycles. The monoisotopic (exact) mass is 519 g/mol. The van der Waals surface area contributed by atoms with Crippen LogP contribution >= 0.6 is 11.6 Å². The minimum atomic E-state index is 0.0121. The SMILES string of the molecule is CC1(C)C2=CC=C3c4cc(-c5cccc6ccc(Cl)cc56)ccc4N4c5ccccc5-c5cccc1c5C2C34. The average Bonchev–Trinajstić information content (AvgIpc) is 3.36. The third kappa shape index (κ3) is 2.67. The number of allylic oxidation sites excluding steroid dienone is 2. The summed E-state index contributed by atoms with van der Waals surface area (Å²) in [4.78, 5) is 2.64. The summed E-state index contributed by atoms with van der Waals surface area (Å²) in [5.74, 6) is 0.339. The highest BCUT2D eigenvalue weighted by Crippen LogP contribution is 2.64. The number of hydrogen-bond donors (Lipinski definition) is 0. The summed E-state index contributed by atoms with van der Waals surface area (Å²) in [6.07, 6.45) is 4.86. The van der Waals surface area contributed by atoms with Crippen LogP contribution in [-0.4, -0.2) is 6.04 Å². The molecule has 0 fully saturated rings. The summed E-state index contributed by atoms with van der Waals surface area (Å²) in [5, 5.41) is 3.17. The molecule has 0 saturated heterocycles. The van der Waals surface area contributed by atoms with Gasteiger partial charge >= 0.3 is 0 Å². The summed E-state index contributed by atoms with van der Waals surface area (Å²) in [5.41, 5.74) is 15.1. The lowest BCUT2D eigenvalue weighted by atomic mass is 9.75. The molecule has 39 heavy (non-hydrogen) atoms. The zero-order valence-corrected chi connectivity index (χ0v) is 22.6. The number of benzene rings is 5. The molecule has 5 aromatic carbocycles. The first-order valence-corrected chi connectivity index (χ1v) is 14.2. The van der Waals surface area contributed by atoms with Gasteiger partial charge in [-0.25, -0.2) is 0 Å². The van der Waals surface area contributed by atoms with Gasteiger partial charge in [0.2, 0.25) is 0 Å². The van der Waals surface area contributed by atoms with Crippen molar-refractivity contribution in [1.29, 1.82) is 0 Å². The summed E-state index contributed by atoms with van der Waals surface area (Å²) in [6.45, 7) is 4.81. The number of hydrogen-bond acceptors (Lipinski definition) is 1. The molecule has 0 radical (unpaired) electrons. The largest absolute Gasteiger partial charge is 0.332 e. The van der Waals surface area contributed by atoms with Crippen LogP contribution in [0.2, 0.25) is 5.02 Å². The van der Waals surface area contributed by atoms with E-state index >= 15 is 0 Å². The van der Waals surface area contributed by atoms with Crippen molar-refractivity contribution in [2.24, 2.45) is 0 Å². The van der Waals surface area contributed by atoms with E-state index in [9.17, 15) is 0 Å². The molecule has 9 rings (SSSR count). The third-order valence-corrected chi connectivity index (χ3v) is 9.91. The molecule has 0 spiro atoms. The number of anilines is 2. The van der Waals surface area contributed by atoms with Gasteiger partial charge in [0.05, 0.1) is 6.04 Å². The summed E-state index contributed by atoms with van der Waals surface area (Å²) >= 11 is 6.45. The molecule has 0 amide bonds. The summed E-state index contributed by atoms with van der Waals surface area (Å²) in [6, 6.07) is 36.0. The Kier molecular flexibility index (Phi) is 4.09. The summed E-state index contributed by atoms with van der Waals surface area (Å²) < 4.78 is 0. The molecule has 5 aromatic rings. The molecule has 4 aliphatic rings. The van der Waals surface area contributed by atoms with Crippen LogP contribution in [0.15, 0.2) is 115 Å². The van der Waals surface area contributed by atoms with E-state index in [0.717, 1.165) is 5.02 Å². The van der Waals surface area contributed by atoms with Gasteiger partial charge in [0, 0.05) is 38.9 Å². The molecule has 2 aliphatic heterocycles. The van der Waals surface area contributed by atoms with E-state index in [1.807, 2.05) is 6.07 Å². The molecule has 2 heterocycles. The lowest BCUT2D eigenvalue weighted by molar-refractivity contribution is 0.592. The van der Waals surface area contributed by atoms with Gasteiger partial charge in [0.15, 0.2) is 0 Å². The van der Waals surface area contributed by atoms with Crippen LogP contribution < -0.4 is 4.90 Å². The molecular weight excluding hydrogens is 494 g/mol. The number of rotatable bonds is 1. The maximum Gasteiger partial charge on any atom is 0.0705 e. The third-order valence-electron chi connectivity index (χ3n) is 9.68. The lowest BCUT2D eigenvalue weighted by Crippen LogP contribution is -2.34. The van der Waals surface area contributed by atoms with E-state index in [4.69, 9.17) is 11.6 Å². The highest BCUT2D eigenvalue weighted by Gasteiger charge is 2.54. The number of nitrogens with zero attached hydrogens (tertiary/aromatic N) is 1. The zero-order valence-electron chi connectivity index (χ0n) is 21.9. The normalized spacial score (nSPS) is 20.6. The van der Waals surface area contributed by atoms with Gasteiger partial charge in [-0.1, -0.05) is 110 Å². The number of fused-ring (bicyclic) bond motifs is 7. The van der Waals surface area contributed by atoms with E-state index in [-0.39, 0.29) is 11.5 Å². The minimum Gasteiger partial charge on any atom is -0.332 e. The van der Waals surface area contributed by atoms with Crippen LogP contribution in [0.5, 0.6) is 0 Å². The first-order valence-electron chi connectivity index (χ1n) is 13.8. The lowest BCUT2D eigenvalue weighted by Gasteiger charge is -2.36. The second kappa shape index (κ2) is 7.31. The van der Waals surface area contributed by atoms with Crippen molar-refractivity contribution in [2.45, 2.75) is 31.2 Å².